The zero-order valence-corrected chi connectivity index (χ0v) is 16.9. The molecule has 0 saturated heterocycles. The van der Waals surface area contributed by atoms with E-state index in [1.165, 1.54) is 5.56 Å². The summed E-state index contributed by atoms with van der Waals surface area (Å²) < 4.78 is 8.19. The number of fused-ring (bicyclic) bond motifs is 1. The van der Waals surface area contributed by atoms with Crippen LogP contribution in [0.1, 0.15) is 44.9 Å². The van der Waals surface area contributed by atoms with Crippen molar-refractivity contribution in [2.75, 3.05) is 18.5 Å². The maximum atomic E-state index is 6.05. The van der Waals surface area contributed by atoms with Crippen LogP contribution < -0.4 is 9.64 Å². The summed E-state index contributed by atoms with van der Waals surface area (Å²) in [6.45, 7) is 16.5. The summed E-state index contributed by atoms with van der Waals surface area (Å²) in [5.74, 6) is 1.76. The predicted octanol–water partition coefficient (Wildman–Crippen LogP) is 4.71. The largest absolute Gasteiger partial charge is 0.462 e. The van der Waals surface area contributed by atoms with Gasteiger partial charge in [-0.2, -0.15) is 4.98 Å². The summed E-state index contributed by atoms with van der Waals surface area (Å²) in [5.41, 5.74) is 3.13. The van der Waals surface area contributed by atoms with Gasteiger partial charge in [0.25, 0.3) is 6.01 Å². The topological polar surface area (TPSA) is 33.5 Å². The van der Waals surface area contributed by atoms with Crippen LogP contribution in [0.3, 0.4) is 0 Å². The van der Waals surface area contributed by atoms with E-state index in [0.717, 1.165) is 42.4 Å². The molecule has 1 aliphatic heterocycles. The summed E-state index contributed by atoms with van der Waals surface area (Å²) in [4.78, 5) is 9.03. The van der Waals surface area contributed by atoms with Gasteiger partial charge in [0.2, 0.25) is 0 Å². The molecule has 0 bridgehead atoms. The van der Waals surface area contributed by atoms with Crippen molar-refractivity contribution in [3.8, 4) is 6.01 Å². The molecule has 0 fully saturated rings. The monoisotopic (exact) mass is 366 g/mol. The van der Waals surface area contributed by atoms with Crippen LogP contribution in [0.25, 0.3) is 5.70 Å². The molecular formula is C22H30N4O. The van der Waals surface area contributed by atoms with E-state index in [4.69, 9.17) is 9.72 Å². The van der Waals surface area contributed by atoms with Crippen LogP contribution >= 0.6 is 0 Å². The summed E-state index contributed by atoms with van der Waals surface area (Å²) in [6, 6.07) is 11.0. The van der Waals surface area contributed by atoms with Crippen molar-refractivity contribution in [1.29, 1.82) is 0 Å². The van der Waals surface area contributed by atoms with E-state index in [1.54, 1.807) is 0 Å². The Morgan fingerprint density at radius 3 is 2.48 bits per heavy atom. The minimum absolute atomic E-state index is 0.0429. The molecule has 144 valence electrons. The van der Waals surface area contributed by atoms with Crippen LogP contribution in [0.4, 0.5) is 5.82 Å². The third-order valence-electron chi connectivity index (χ3n) is 4.79. The van der Waals surface area contributed by atoms with Gasteiger partial charge in [-0.1, -0.05) is 56.8 Å². The molecule has 0 amide bonds. The summed E-state index contributed by atoms with van der Waals surface area (Å²) >= 11 is 0. The van der Waals surface area contributed by atoms with Crippen LogP contribution in [-0.4, -0.2) is 34.1 Å². The highest BCUT2D eigenvalue weighted by Gasteiger charge is 2.33. The molecule has 1 aromatic heterocycles. The Hall–Kier alpha value is -2.69. The fraction of sp³-hybridized carbons (Fsp3) is 0.409. The lowest BCUT2D eigenvalue weighted by atomic mass is 10.1. The Bertz CT molecular complexity index is 822. The first-order chi connectivity index (χ1) is 12.9. The highest BCUT2D eigenvalue weighted by Crippen LogP contribution is 2.40. The van der Waals surface area contributed by atoms with Gasteiger partial charge >= 0.3 is 0 Å². The van der Waals surface area contributed by atoms with Gasteiger partial charge in [-0.3, -0.25) is 4.57 Å². The van der Waals surface area contributed by atoms with Crippen LogP contribution in [0, 0.1) is 0 Å². The highest BCUT2D eigenvalue weighted by atomic mass is 16.5. The van der Waals surface area contributed by atoms with Crippen molar-refractivity contribution in [3.63, 3.8) is 0 Å². The lowest BCUT2D eigenvalue weighted by Gasteiger charge is -2.38. The number of anilines is 1. The van der Waals surface area contributed by atoms with Crippen molar-refractivity contribution in [2.45, 2.75) is 46.3 Å². The Labute approximate surface area is 162 Å². The molecule has 0 unspecified atom stereocenters. The van der Waals surface area contributed by atoms with Crippen molar-refractivity contribution in [1.82, 2.24) is 14.5 Å². The summed E-state index contributed by atoms with van der Waals surface area (Å²) in [7, 11) is 2.01. The van der Waals surface area contributed by atoms with E-state index in [-0.39, 0.29) is 6.10 Å². The molecule has 0 spiro atoms. The number of ether oxygens (including phenoxy) is 1. The van der Waals surface area contributed by atoms with E-state index >= 15 is 0 Å². The van der Waals surface area contributed by atoms with Crippen molar-refractivity contribution in [2.24, 2.45) is 0 Å². The number of benzene rings is 1. The zero-order chi connectivity index (χ0) is 19.6. The third-order valence-corrected chi connectivity index (χ3v) is 4.79. The third kappa shape index (κ3) is 3.72. The minimum atomic E-state index is 0.0429. The van der Waals surface area contributed by atoms with Gasteiger partial charge in [0.05, 0.1) is 18.3 Å². The number of unbranched alkanes of at least 4 members (excludes halogenated alkanes) is 1. The van der Waals surface area contributed by atoms with Gasteiger partial charge in [-0.05, 0) is 25.8 Å². The maximum Gasteiger partial charge on any atom is 0.299 e. The van der Waals surface area contributed by atoms with Gasteiger partial charge < -0.3 is 14.5 Å². The lowest BCUT2D eigenvalue weighted by Crippen LogP contribution is -2.37. The van der Waals surface area contributed by atoms with Crippen molar-refractivity contribution < 1.29 is 4.74 Å². The number of imidazole rings is 1. The van der Waals surface area contributed by atoms with E-state index in [2.05, 4.69) is 53.8 Å². The molecule has 3 rings (SSSR count). The highest BCUT2D eigenvalue weighted by molar-refractivity contribution is 5.77. The van der Waals surface area contributed by atoms with Crippen LogP contribution in [0.5, 0.6) is 6.01 Å². The molecule has 0 saturated carbocycles. The molecule has 2 aromatic rings. The standard InChI is InChI=1S/C22H30N4O/c1-7-8-14-25-17(4)20-21(24(6)18(25)5)23-22(27-16(2)3)26(20)15-19-12-10-9-11-13-19/h9-13,16H,4-5,7-8,14-15H2,1-3,6H3. The van der Waals surface area contributed by atoms with E-state index in [1.807, 2.05) is 31.9 Å². The fourth-order valence-corrected chi connectivity index (χ4v) is 3.32. The normalized spacial score (nSPS) is 14.1. The average Bonchev–Trinajstić information content (AvgIpc) is 2.98. The van der Waals surface area contributed by atoms with Gasteiger partial charge in [0.15, 0.2) is 5.82 Å². The molecule has 0 N–H and O–H groups in total. The molecule has 27 heavy (non-hydrogen) atoms. The molecule has 0 atom stereocenters. The van der Waals surface area contributed by atoms with Gasteiger partial charge in [-0.25, -0.2) is 0 Å². The number of nitrogens with zero attached hydrogens (tertiary/aromatic N) is 4. The molecule has 5 heteroatoms. The first kappa shape index (κ1) is 19.1. The molecule has 2 heterocycles. The first-order valence-electron chi connectivity index (χ1n) is 9.64. The Balaban J connectivity index is 2.08. The Morgan fingerprint density at radius 2 is 1.85 bits per heavy atom. The Morgan fingerprint density at radius 1 is 1.15 bits per heavy atom. The smallest absolute Gasteiger partial charge is 0.299 e. The second-order valence-electron chi connectivity index (χ2n) is 7.23. The number of aromatic nitrogens is 2. The van der Waals surface area contributed by atoms with Crippen LogP contribution in [0.2, 0.25) is 0 Å². The molecular weight excluding hydrogens is 336 g/mol. The maximum absolute atomic E-state index is 6.05. The quantitative estimate of drug-likeness (QED) is 0.710. The van der Waals surface area contributed by atoms with Crippen LogP contribution in [-0.2, 0) is 6.54 Å². The molecule has 1 aliphatic rings. The van der Waals surface area contributed by atoms with Crippen molar-refractivity contribution >= 4 is 11.5 Å². The number of rotatable bonds is 7. The summed E-state index contributed by atoms with van der Waals surface area (Å²) in [6.07, 6.45) is 2.25. The van der Waals surface area contributed by atoms with E-state index in [0.29, 0.717) is 12.6 Å². The minimum Gasteiger partial charge on any atom is -0.462 e. The zero-order valence-electron chi connectivity index (χ0n) is 16.9. The molecule has 0 radical (unpaired) electrons. The summed E-state index contributed by atoms with van der Waals surface area (Å²) in [5, 5.41) is 0. The average molecular weight is 367 g/mol. The van der Waals surface area contributed by atoms with Gasteiger partial charge in [0, 0.05) is 13.6 Å². The van der Waals surface area contributed by atoms with Gasteiger partial charge in [-0.15, -0.1) is 0 Å². The fourth-order valence-electron chi connectivity index (χ4n) is 3.32. The number of hydrogen-bond donors (Lipinski definition) is 0. The first-order valence-corrected chi connectivity index (χ1v) is 9.64. The molecule has 1 aromatic carbocycles. The van der Waals surface area contributed by atoms with Gasteiger partial charge in [0.1, 0.15) is 11.5 Å². The second-order valence-corrected chi connectivity index (χ2v) is 7.23. The Kier molecular flexibility index (Phi) is 5.59. The molecule has 5 nitrogen and oxygen atoms in total. The van der Waals surface area contributed by atoms with Crippen molar-refractivity contribution in [3.05, 3.63) is 60.6 Å². The second kappa shape index (κ2) is 7.91. The van der Waals surface area contributed by atoms with E-state index in [9.17, 15) is 0 Å². The van der Waals surface area contributed by atoms with E-state index < -0.39 is 0 Å². The number of hydrogen-bond acceptors (Lipinski definition) is 4. The molecule has 0 aliphatic carbocycles. The SMILES string of the molecule is C=C1c2c(nc(OC(C)C)n2Cc2ccccc2)N(C)C(=C)N1CCCC. The lowest BCUT2D eigenvalue weighted by molar-refractivity contribution is 0.213. The van der Waals surface area contributed by atoms with Crippen LogP contribution in [0.15, 0.2) is 49.3 Å². The predicted molar refractivity (Wildman–Crippen MR) is 112 cm³/mol.